The van der Waals surface area contributed by atoms with E-state index in [0.29, 0.717) is 18.4 Å². The molecule has 1 N–H and O–H groups in total. The Morgan fingerprint density at radius 1 is 1.17 bits per heavy atom. The maximum absolute atomic E-state index is 12.7. The number of rotatable bonds is 5. The number of esters is 1. The molecule has 2 saturated carbocycles. The number of likely N-dealkylation sites (tertiary alicyclic amines) is 1. The molecule has 6 nitrogen and oxygen atoms in total. The molecular formula is C18H28N2O4. The fourth-order valence-corrected chi connectivity index (χ4v) is 4.41. The van der Waals surface area contributed by atoms with Crippen molar-refractivity contribution in [3.63, 3.8) is 0 Å². The minimum atomic E-state index is -0.449. The van der Waals surface area contributed by atoms with Gasteiger partial charge in [-0.25, -0.2) is 4.79 Å². The molecule has 3 fully saturated rings. The number of fused-ring (bicyclic) bond motifs is 1. The predicted molar refractivity (Wildman–Crippen MR) is 87.9 cm³/mol. The summed E-state index contributed by atoms with van der Waals surface area (Å²) in [6.07, 6.45) is 6.24. The molecule has 5 atom stereocenters. The maximum Gasteiger partial charge on any atom is 0.328 e. The van der Waals surface area contributed by atoms with Gasteiger partial charge in [-0.2, -0.15) is 0 Å². The topological polar surface area (TPSA) is 75.7 Å². The van der Waals surface area contributed by atoms with Crippen LogP contribution in [0.25, 0.3) is 0 Å². The van der Waals surface area contributed by atoms with Crippen LogP contribution >= 0.6 is 0 Å². The van der Waals surface area contributed by atoms with Crippen LogP contribution in [0, 0.1) is 17.8 Å². The zero-order valence-electron chi connectivity index (χ0n) is 14.6. The molecule has 0 aromatic rings. The molecule has 134 valence electrons. The van der Waals surface area contributed by atoms with Crippen LogP contribution in [0.1, 0.15) is 51.9 Å². The number of nitrogens with zero attached hydrogens (tertiary/aromatic N) is 1. The van der Waals surface area contributed by atoms with Gasteiger partial charge in [-0.1, -0.05) is 19.8 Å². The average Bonchev–Trinajstić information content (AvgIpc) is 3.19. The summed E-state index contributed by atoms with van der Waals surface area (Å²) in [7, 11) is 1.38. The first-order valence-electron chi connectivity index (χ1n) is 9.19. The standard InChI is InChI=1S/C18H28N2O4/c1-11-9-13(11)17(22)19-8-7-16(21)20-14-6-4-3-5-12(14)10-15(20)18(23)24-2/h11-15H,3-10H2,1-2H3,(H,19,22). The van der Waals surface area contributed by atoms with E-state index in [1.54, 1.807) is 4.90 Å². The molecule has 3 rings (SSSR count). The number of hydrogen-bond acceptors (Lipinski definition) is 4. The van der Waals surface area contributed by atoms with Crippen molar-refractivity contribution in [2.24, 2.45) is 17.8 Å². The molecule has 5 unspecified atom stereocenters. The van der Waals surface area contributed by atoms with Crippen molar-refractivity contribution in [1.29, 1.82) is 0 Å². The summed E-state index contributed by atoms with van der Waals surface area (Å²) in [5, 5.41) is 2.86. The normalized spacial score (nSPS) is 34.4. The molecule has 0 aromatic carbocycles. The van der Waals surface area contributed by atoms with E-state index < -0.39 is 6.04 Å². The van der Waals surface area contributed by atoms with Crippen molar-refractivity contribution >= 4 is 17.8 Å². The Morgan fingerprint density at radius 3 is 2.54 bits per heavy atom. The third kappa shape index (κ3) is 3.42. The summed E-state index contributed by atoms with van der Waals surface area (Å²) < 4.78 is 4.91. The number of ether oxygens (including phenoxy) is 1. The lowest BCUT2D eigenvalue weighted by molar-refractivity contribution is -0.152. The predicted octanol–water partition coefficient (Wildman–Crippen LogP) is 1.48. The average molecular weight is 336 g/mol. The SMILES string of the molecule is COC(=O)C1CC2CCCCC2N1C(=O)CCNC(=O)C1CC1C. The van der Waals surface area contributed by atoms with E-state index in [9.17, 15) is 14.4 Å². The van der Waals surface area contributed by atoms with Gasteiger partial charge >= 0.3 is 5.97 Å². The monoisotopic (exact) mass is 336 g/mol. The van der Waals surface area contributed by atoms with Crippen LogP contribution in [-0.4, -0.2) is 48.4 Å². The Hall–Kier alpha value is -1.59. The Balaban J connectivity index is 1.57. The van der Waals surface area contributed by atoms with Gasteiger partial charge in [-0.15, -0.1) is 0 Å². The summed E-state index contributed by atoms with van der Waals surface area (Å²) in [4.78, 5) is 38.5. The number of amides is 2. The van der Waals surface area contributed by atoms with Crippen molar-refractivity contribution in [2.75, 3.05) is 13.7 Å². The Morgan fingerprint density at radius 2 is 1.88 bits per heavy atom. The van der Waals surface area contributed by atoms with Crippen LogP contribution in [0.5, 0.6) is 0 Å². The first-order valence-corrected chi connectivity index (χ1v) is 9.19. The number of methoxy groups -OCH3 is 1. The van der Waals surface area contributed by atoms with E-state index in [4.69, 9.17) is 4.74 Å². The van der Waals surface area contributed by atoms with Gasteiger partial charge in [-0.3, -0.25) is 9.59 Å². The zero-order chi connectivity index (χ0) is 17.3. The minimum absolute atomic E-state index is 0.0380. The Kier molecular flexibility index (Phi) is 5.11. The van der Waals surface area contributed by atoms with E-state index in [1.807, 2.05) is 0 Å². The molecule has 0 bridgehead atoms. The van der Waals surface area contributed by atoms with E-state index >= 15 is 0 Å². The highest BCUT2D eigenvalue weighted by molar-refractivity contribution is 5.86. The largest absolute Gasteiger partial charge is 0.467 e. The van der Waals surface area contributed by atoms with E-state index in [-0.39, 0.29) is 36.2 Å². The third-order valence-corrected chi connectivity index (χ3v) is 5.93. The molecule has 1 saturated heterocycles. The van der Waals surface area contributed by atoms with Gasteiger partial charge in [0.25, 0.3) is 0 Å². The number of hydrogen-bond donors (Lipinski definition) is 1. The highest BCUT2D eigenvalue weighted by Crippen LogP contribution is 2.40. The van der Waals surface area contributed by atoms with Gasteiger partial charge in [-0.05, 0) is 37.5 Å². The van der Waals surface area contributed by atoms with Gasteiger partial charge in [0.05, 0.1) is 7.11 Å². The lowest BCUT2D eigenvalue weighted by Crippen LogP contribution is -2.47. The number of carbonyl (C=O) groups excluding carboxylic acids is 3. The molecule has 1 heterocycles. The second-order valence-electron chi connectivity index (χ2n) is 7.55. The van der Waals surface area contributed by atoms with Gasteiger partial charge in [0.2, 0.25) is 11.8 Å². The highest BCUT2D eigenvalue weighted by atomic mass is 16.5. The number of carbonyl (C=O) groups is 3. The molecule has 0 radical (unpaired) electrons. The molecule has 6 heteroatoms. The van der Waals surface area contributed by atoms with Gasteiger partial charge in [0, 0.05) is 24.9 Å². The van der Waals surface area contributed by atoms with Crippen molar-refractivity contribution in [2.45, 2.75) is 64.0 Å². The summed E-state index contributed by atoms with van der Waals surface area (Å²) in [5.74, 6) is 0.700. The first kappa shape index (κ1) is 17.2. The number of nitrogens with one attached hydrogen (secondary N) is 1. The van der Waals surface area contributed by atoms with Crippen molar-refractivity contribution in [1.82, 2.24) is 10.2 Å². The lowest BCUT2D eigenvalue weighted by atomic mass is 9.84. The van der Waals surface area contributed by atoms with Crippen LogP contribution in [-0.2, 0) is 19.1 Å². The summed E-state index contributed by atoms with van der Waals surface area (Å²) in [6.45, 7) is 2.41. The second-order valence-corrected chi connectivity index (χ2v) is 7.55. The molecule has 1 aliphatic heterocycles. The van der Waals surface area contributed by atoms with Crippen LogP contribution in [0.4, 0.5) is 0 Å². The molecule has 2 amide bonds. The summed E-state index contributed by atoms with van der Waals surface area (Å²) in [5.41, 5.74) is 0. The minimum Gasteiger partial charge on any atom is -0.467 e. The van der Waals surface area contributed by atoms with Crippen molar-refractivity contribution < 1.29 is 19.1 Å². The molecule has 0 aromatic heterocycles. The lowest BCUT2D eigenvalue weighted by Gasteiger charge is -2.33. The molecule has 3 aliphatic rings. The Labute approximate surface area is 143 Å². The quantitative estimate of drug-likeness (QED) is 0.772. The van der Waals surface area contributed by atoms with E-state index in [1.165, 1.54) is 13.5 Å². The smallest absolute Gasteiger partial charge is 0.328 e. The van der Waals surface area contributed by atoms with Crippen molar-refractivity contribution in [3.05, 3.63) is 0 Å². The van der Waals surface area contributed by atoms with Gasteiger partial charge < -0.3 is 15.0 Å². The highest BCUT2D eigenvalue weighted by Gasteiger charge is 2.47. The fourth-order valence-electron chi connectivity index (χ4n) is 4.41. The fraction of sp³-hybridized carbons (Fsp3) is 0.833. The molecule has 2 aliphatic carbocycles. The summed E-state index contributed by atoms with van der Waals surface area (Å²) >= 11 is 0. The zero-order valence-corrected chi connectivity index (χ0v) is 14.6. The van der Waals surface area contributed by atoms with E-state index in [2.05, 4.69) is 12.2 Å². The van der Waals surface area contributed by atoms with Crippen LogP contribution in [0.2, 0.25) is 0 Å². The molecule has 0 spiro atoms. The first-order chi connectivity index (χ1) is 11.5. The summed E-state index contributed by atoms with van der Waals surface area (Å²) in [6, 6.07) is -0.288. The van der Waals surface area contributed by atoms with Gasteiger partial charge in [0.15, 0.2) is 0 Å². The third-order valence-electron chi connectivity index (χ3n) is 5.93. The van der Waals surface area contributed by atoms with Gasteiger partial charge in [0.1, 0.15) is 6.04 Å². The Bertz CT molecular complexity index is 521. The maximum atomic E-state index is 12.7. The second kappa shape index (κ2) is 7.11. The molecular weight excluding hydrogens is 308 g/mol. The van der Waals surface area contributed by atoms with Crippen LogP contribution in [0.3, 0.4) is 0 Å². The van der Waals surface area contributed by atoms with Crippen LogP contribution < -0.4 is 5.32 Å². The molecule has 24 heavy (non-hydrogen) atoms. The van der Waals surface area contributed by atoms with Crippen LogP contribution in [0.15, 0.2) is 0 Å². The van der Waals surface area contributed by atoms with E-state index in [0.717, 1.165) is 32.1 Å². The van der Waals surface area contributed by atoms with Crippen molar-refractivity contribution in [3.8, 4) is 0 Å².